The molecule has 3 heteroatoms. The Morgan fingerprint density at radius 2 is 2.27 bits per heavy atom. The minimum Gasteiger partial charge on any atom is -0.496 e. The van der Waals surface area contributed by atoms with Crippen LogP contribution in [0.1, 0.15) is 34.1 Å². The summed E-state index contributed by atoms with van der Waals surface area (Å²) in [4.78, 5) is 0. The van der Waals surface area contributed by atoms with Crippen LogP contribution in [-0.4, -0.2) is 29.7 Å². The molecule has 0 amide bonds. The van der Waals surface area contributed by atoms with Crippen LogP contribution in [0.2, 0.25) is 0 Å². The molecule has 0 saturated carbocycles. The third-order valence-corrected chi connectivity index (χ3v) is 3.58. The first-order valence-electron chi connectivity index (χ1n) is 5.73. The van der Waals surface area contributed by atoms with Gasteiger partial charge in [0.25, 0.3) is 0 Å². The van der Waals surface area contributed by atoms with Crippen molar-refractivity contribution in [2.75, 3.05) is 18.9 Å². The molecule has 0 aromatic heterocycles. The molecule has 0 aromatic rings. The normalized spacial score (nSPS) is 18.5. The van der Waals surface area contributed by atoms with Crippen molar-refractivity contribution in [1.29, 1.82) is 0 Å². The minimum atomic E-state index is 0.326. The summed E-state index contributed by atoms with van der Waals surface area (Å²) in [6.07, 6.45) is 3.29. The number of hydrogen-bond acceptors (Lipinski definition) is 3. The van der Waals surface area contributed by atoms with Gasteiger partial charge in [-0.3, -0.25) is 0 Å². The van der Waals surface area contributed by atoms with Gasteiger partial charge in [0.2, 0.25) is 0 Å². The van der Waals surface area contributed by atoms with Gasteiger partial charge in [-0.15, -0.1) is 0 Å². The molecule has 0 aliphatic carbocycles. The van der Waals surface area contributed by atoms with Gasteiger partial charge in [0.15, 0.2) is 0 Å². The smallest absolute Gasteiger partial charge is 0.110 e. The van der Waals surface area contributed by atoms with Crippen LogP contribution in [0.4, 0.5) is 0 Å². The maximum absolute atomic E-state index is 5.62. The highest BCUT2D eigenvalue weighted by molar-refractivity contribution is 8.00. The van der Waals surface area contributed by atoms with Crippen LogP contribution in [0.5, 0.6) is 0 Å². The second-order valence-electron chi connectivity index (χ2n) is 4.78. The number of nitrogens with one attached hydrogen (secondary N) is 1. The third-order valence-electron chi connectivity index (χ3n) is 2.21. The summed E-state index contributed by atoms with van der Waals surface area (Å²) in [7, 11) is 0. The Hall–Kier alpha value is -0.150. The number of ether oxygens (including phenoxy) is 1. The fraction of sp³-hybridized carbons (Fsp3) is 0.833. The highest BCUT2D eigenvalue weighted by Crippen LogP contribution is 2.26. The van der Waals surface area contributed by atoms with Crippen molar-refractivity contribution in [1.82, 2.24) is 5.32 Å². The van der Waals surface area contributed by atoms with Crippen LogP contribution >= 0.6 is 11.8 Å². The zero-order valence-electron chi connectivity index (χ0n) is 10.3. The fourth-order valence-electron chi connectivity index (χ4n) is 1.50. The van der Waals surface area contributed by atoms with Gasteiger partial charge in [-0.05, 0) is 12.6 Å². The SMILES string of the molecule is CCNC(CSC(C)(C)C)C1=CCCO1. The summed E-state index contributed by atoms with van der Waals surface area (Å²) >= 11 is 1.99. The Morgan fingerprint density at radius 1 is 1.53 bits per heavy atom. The second-order valence-corrected chi connectivity index (χ2v) is 6.62. The topological polar surface area (TPSA) is 21.3 Å². The van der Waals surface area contributed by atoms with E-state index in [2.05, 4.69) is 39.1 Å². The predicted molar refractivity (Wildman–Crippen MR) is 68.3 cm³/mol. The molecule has 1 rings (SSSR count). The molecule has 1 N–H and O–H groups in total. The van der Waals surface area contributed by atoms with Crippen molar-refractivity contribution in [3.63, 3.8) is 0 Å². The van der Waals surface area contributed by atoms with Gasteiger partial charge in [-0.25, -0.2) is 0 Å². The van der Waals surface area contributed by atoms with Crippen LogP contribution in [-0.2, 0) is 4.74 Å². The van der Waals surface area contributed by atoms with E-state index in [1.807, 2.05) is 11.8 Å². The lowest BCUT2D eigenvalue weighted by Gasteiger charge is -2.24. The molecule has 88 valence electrons. The van der Waals surface area contributed by atoms with Crippen molar-refractivity contribution >= 4 is 11.8 Å². The molecule has 1 atom stereocenters. The molecule has 0 bridgehead atoms. The molecule has 1 unspecified atom stereocenters. The summed E-state index contributed by atoms with van der Waals surface area (Å²) in [5, 5.41) is 3.48. The second kappa shape index (κ2) is 5.80. The molecular weight excluding hydrogens is 206 g/mol. The number of likely N-dealkylation sites (N-methyl/N-ethyl adjacent to an activating group) is 1. The fourth-order valence-corrected chi connectivity index (χ4v) is 2.45. The predicted octanol–water partition coefficient (Wildman–Crippen LogP) is 2.80. The molecule has 1 aliphatic heterocycles. The Balaban J connectivity index is 2.43. The monoisotopic (exact) mass is 229 g/mol. The zero-order valence-corrected chi connectivity index (χ0v) is 11.1. The van der Waals surface area contributed by atoms with E-state index in [1.165, 1.54) is 0 Å². The number of rotatable bonds is 5. The van der Waals surface area contributed by atoms with Crippen LogP contribution in [0.3, 0.4) is 0 Å². The van der Waals surface area contributed by atoms with Gasteiger partial charge in [0, 0.05) is 16.9 Å². The molecule has 0 radical (unpaired) electrons. The van der Waals surface area contributed by atoms with Crippen molar-refractivity contribution in [3.8, 4) is 0 Å². The molecule has 15 heavy (non-hydrogen) atoms. The van der Waals surface area contributed by atoms with E-state index in [0.717, 1.165) is 31.1 Å². The molecule has 0 aromatic carbocycles. The van der Waals surface area contributed by atoms with Crippen molar-refractivity contribution < 1.29 is 4.74 Å². The average Bonchev–Trinajstić information content (AvgIpc) is 2.63. The van der Waals surface area contributed by atoms with Crippen molar-refractivity contribution in [2.45, 2.75) is 44.9 Å². The molecule has 1 aliphatic rings. The van der Waals surface area contributed by atoms with E-state index in [0.29, 0.717) is 10.8 Å². The highest BCUT2D eigenvalue weighted by Gasteiger charge is 2.21. The molecule has 1 heterocycles. The van der Waals surface area contributed by atoms with Crippen LogP contribution in [0.15, 0.2) is 11.8 Å². The third kappa shape index (κ3) is 4.94. The Kier molecular flexibility index (Phi) is 5.00. The largest absolute Gasteiger partial charge is 0.496 e. The van der Waals surface area contributed by atoms with Crippen molar-refractivity contribution in [3.05, 3.63) is 11.8 Å². The van der Waals surface area contributed by atoms with E-state index in [4.69, 9.17) is 4.74 Å². The lowest BCUT2D eigenvalue weighted by atomic mass is 10.2. The summed E-state index contributed by atoms with van der Waals surface area (Å²) in [6.45, 7) is 10.8. The van der Waals surface area contributed by atoms with E-state index in [-0.39, 0.29) is 0 Å². The lowest BCUT2D eigenvalue weighted by Crippen LogP contribution is -2.34. The lowest BCUT2D eigenvalue weighted by molar-refractivity contribution is 0.220. The van der Waals surface area contributed by atoms with E-state index in [1.54, 1.807) is 0 Å². The first-order chi connectivity index (χ1) is 7.03. The molecule has 0 fully saturated rings. The average molecular weight is 229 g/mol. The summed E-state index contributed by atoms with van der Waals surface area (Å²) in [5.41, 5.74) is 0. The van der Waals surface area contributed by atoms with E-state index in [9.17, 15) is 0 Å². The Bertz CT molecular complexity index is 220. The summed E-state index contributed by atoms with van der Waals surface area (Å²) in [5.74, 6) is 2.23. The van der Waals surface area contributed by atoms with Gasteiger partial charge in [-0.2, -0.15) is 11.8 Å². The van der Waals surface area contributed by atoms with E-state index < -0.39 is 0 Å². The van der Waals surface area contributed by atoms with Gasteiger partial charge < -0.3 is 10.1 Å². The number of thioether (sulfide) groups is 1. The van der Waals surface area contributed by atoms with Gasteiger partial charge >= 0.3 is 0 Å². The quantitative estimate of drug-likeness (QED) is 0.783. The van der Waals surface area contributed by atoms with Gasteiger partial charge in [-0.1, -0.05) is 27.7 Å². The Labute approximate surface area is 97.8 Å². The molecular formula is C12H23NOS. The Morgan fingerprint density at radius 3 is 2.73 bits per heavy atom. The zero-order chi connectivity index (χ0) is 11.3. The molecule has 2 nitrogen and oxygen atoms in total. The minimum absolute atomic E-state index is 0.326. The van der Waals surface area contributed by atoms with E-state index >= 15 is 0 Å². The molecule has 0 spiro atoms. The van der Waals surface area contributed by atoms with Gasteiger partial charge in [0.1, 0.15) is 5.76 Å². The standard InChI is InChI=1S/C12H23NOS/c1-5-13-10(9-15-12(2,3)4)11-7-6-8-14-11/h7,10,13H,5-6,8-9H2,1-4H3. The summed E-state index contributed by atoms with van der Waals surface area (Å²) < 4.78 is 5.94. The van der Waals surface area contributed by atoms with Gasteiger partial charge in [0.05, 0.1) is 12.6 Å². The maximum atomic E-state index is 5.62. The van der Waals surface area contributed by atoms with Crippen molar-refractivity contribution in [2.24, 2.45) is 0 Å². The first-order valence-corrected chi connectivity index (χ1v) is 6.71. The first kappa shape index (κ1) is 12.9. The molecule has 0 saturated heterocycles. The highest BCUT2D eigenvalue weighted by atomic mass is 32.2. The van der Waals surface area contributed by atoms with Crippen LogP contribution in [0, 0.1) is 0 Å². The number of hydrogen-bond donors (Lipinski definition) is 1. The van der Waals surface area contributed by atoms with Crippen LogP contribution in [0.25, 0.3) is 0 Å². The summed E-state index contributed by atoms with van der Waals surface area (Å²) in [6, 6.07) is 0.390. The maximum Gasteiger partial charge on any atom is 0.110 e. The van der Waals surface area contributed by atoms with Crippen LogP contribution < -0.4 is 5.32 Å².